The first-order valence-corrected chi connectivity index (χ1v) is 8.19. The monoisotopic (exact) mass is 184 g/mol. The molecule has 12 heavy (non-hydrogen) atoms. The Hall–Kier alpha value is -0.373. The third-order valence-corrected chi connectivity index (χ3v) is 3.77. The van der Waals surface area contributed by atoms with Crippen molar-refractivity contribution >= 4 is 14.4 Å². The second-order valence-electron chi connectivity index (χ2n) is 4.66. The van der Waals surface area contributed by atoms with Crippen LogP contribution in [0.25, 0.3) is 0 Å². The lowest BCUT2D eigenvalue weighted by Gasteiger charge is -2.23. The highest BCUT2D eigenvalue weighted by atomic mass is 28.3. The van der Waals surface area contributed by atoms with Crippen molar-refractivity contribution in [1.29, 1.82) is 0 Å². The molecule has 2 atom stereocenters. The normalized spacial score (nSPS) is 16.7. The van der Waals surface area contributed by atoms with E-state index in [1.165, 1.54) is 0 Å². The Labute approximate surface area is 76.9 Å². The molecule has 0 saturated carbocycles. The molecule has 0 N–H and O–H groups in total. The second-order valence-corrected chi connectivity index (χ2v) is 10.2. The Bertz CT molecular complexity index is 158. The zero-order chi connectivity index (χ0) is 9.78. The number of allylic oxidation sites excluding steroid dienone is 1. The van der Waals surface area contributed by atoms with Crippen molar-refractivity contribution in [3.05, 3.63) is 12.7 Å². The van der Waals surface area contributed by atoms with E-state index in [4.69, 9.17) is 0 Å². The first kappa shape index (κ1) is 11.6. The average Bonchev–Trinajstić information content (AvgIpc) is 1.97. The molecule has 0 aliphatic carbocycles. The van der Waals surface area contributed by atoms with Crippen molar-refractivity contribution < 1.29 is 4.79 Å². The molecule has 0 rings (SSSR count). The van der Waals surface area contributed by atoms with Gasteiger partial charge in [0.25, 0.3) is 0 Å². The smallest absolute Gasteiger partial charge is 0.123 e. The molecule has 0 aliphatic heterocycles. The summed E-state index contributed by atoms with van der Waals surface area (Å²) < 4.78 is 0. The zero-order valence-corrected chi connectivity index (χ0v) is 9.63. The number of aldehydes is 1. The Morgan fingerprint density at radius 3 is 2.17 bits per heavy atom. The van der Waals surface area contributed by atoms with Crippen LogP contribution in [0.3, 0.4) is 0 Å². The summed E-state index contributed by atoms with van der Waals surface area (Å²) in [6, 6.07) is 1.07. The molecule has 0 aromatic heterocycles. The van der Waals surface area contributed by atoms with Gasteiger partial charge < -0.3 is 4.79 Å². The van der Waals surface area contributed by atoms with E-state index in [1.54, 1.807) is 0 Å². The van der Waals surface area contributed by atoms with E-state index >= 15 is 0 Å². The van der Waals surface area contributed by atoms with E-state index in [0.29, 0.717) is 5.92 Å². The number of carbonyl (C=O) groups excluding carboxylic acids is 1. The van der Waals surface area contributed by atoms with Crippen molar-refractivity contribution in [3.63, 3.8) is 0 Å². The molecule has 0 amide bonds. The lowest BCUT2D eigenvalue weighted by molar-refractivity contribution is -0.111. The van der Waals surface area contributed by atoms with Crippen molar-refractivity contribution in [2.24, 2.45) is 11.8 Å². The Kier molecular flexibility index (Phi) is 4.46. The van der Waals surface area contributed by atoms with Crippen molar-refractivity contribution in [1.82, 2.24) is 0 Å². The van der Waals surface area contributed by atoms with Crippen molar-refractivity contribution in [2.45, 2.75) is 32.6 Å². The summed E-state index contributed by atoms with van der Waals surface area (Å²) in [5, 5.41) is 0. The second kappa shape index (κ2) is 4.60. The molecular weight excluding hydrogens is 164 g/mol. The lowest BCUT2D eigenvalue weighted by Crippen LogP contribution is -2.27. The molecule has 0 aromatic carbocycles. The van der Waals surface area contributed by atoms with Crippen LogP contribution >= 0.6 is 0 Å². The molecule has 1 nitrogen and oxygen atoms in total. The molecule has 0 aromatic rings. The summed E-state index contributed by atoms with van der Waals surface area (Å²) >= 11 is 0. The highest BCUT2D eigenvalue weighted by molar-refractivity contribution is 6.76. The predicted molar refractivity (Wildman–Crippen MR) is 57.1 cm³/mol. The fourth-order valence-corrected chi connectivity index (χ4v) is 3.12. The van der Waals surface area contributed by atoms with E-state index in [9.17, 15) is 4.79 Å². The zero-order valence-electron chi connectivity index (χ0n) is 8.63. The Morgan fingerprint density at radius 2 is 1.92 bits per heavy atom. The van der Waals surface area contributed by atoms with Crippen LogP contribution in [0.2, 0.25) is 25.7 Å². The molecule has 0 saturated heterocycles. The SMILES string of the molecule is C=CC(C)C(C=O)C[Si](C)(C)C. The lowest BCUT2D eigenvalue weighted by atomic mass is 9.98. The van der Waals surface area contributed by atoms with Crippen LogP contribution < -0.4 is 0 Å². The summed E-state index contributed by atoms with van der Waals surface area (Å²) in [6.45, 7) is 12.7. The fraction of sp³-hybridized carbons (Fsp3) is 0.700. The van der Waals surface area contributed by atoms with Gasteiger partial charge in [-0.2, -0.15) is 0 Å². The first-order valence-electron chi connectivity index (χ1n) is 4.48. The van der Waals surface area contributed by atoms with Gasteiger partial charge in [-0.25, -0.2) is 0 Å². The van der Waals surface area contributed by atoms with E-state index in [2.05, 4.69) is 33.1 Å². The molecule has 0 heterocycles. The number of rotatable bonds is 5. The molecular formula is C10H20OSi. The number of hydrogen-bond acceptors (Lipinski definition) is 1. The van der Waals surface area contributed by atoms with Crippen molar-refractivity contribution in [2.75, 3.05) is 0 Å². The van der Waals surface area contributed by atoms with Crippen LogP contribution in [0.15, 0.2) is 12.7 Å². The van der Waals surface area contributed by atoms with Crippen LogP contribution in [-0.4, -0.2) is 14.4 Å². The molecule has 0 fully saturated rings. The van der Waals surface area contributed by atoms with Gasteiger partial charge in [0.2, 0.25) is 0 Å². The minimum atomic E-state index is -1.10. The topological polar surface area (TPSA) is 17.1 Å². The summed E-state index contributed by atoms with van der Waals surface area (Å²) in [6.07, 6.45) is 2.96. The minimum Gasteiger partial charge on any atom is -0.303 e. The van der Waals surface area contributed by atoms with Gasteiger partial charge in [0.1, 0.15) is 6.29 Å². The van der Waals surface area contributed by atoms with Crippen LogP contribution in [0.4, 0.5) is 0 Å². The maximum Gasteiger partial charge on any atom is 0.123 e. The molecule has 70 valence electrons. The van der Waals surface area contributed by atoms with Gasteiger partial charge in [0, 0.05) is 14.0 Å². The predicted octanol–water partition coefficient (Wildman–Crippen LogP) is 2.96. The van der Waals surface area contributed by atoms with Gasteiger partial charge in [-0.15, -0.1) is 6.58 Å². The summed E-state index contributed by atoms with van der Waals surface area (Å²) in [5.41, 5.74) is 0. The summed E-state index contributed by atoms with van der Waals surface area (Å²) in [7, 11) is -1.10. The van der Waals surface area contributed by atoms with Crippen LogP contribution in [-0.2, 0) is 4.79 Å². The van der Waals surface area contributed by atoms with E-state index in [0.717, 1.165) is 12.3 Å². The average molecular weight is 184 g/mol. The largest absolute Gasteiger partial charge is 0.303 e. The van der Waals surface area contributed by atoms with Gasteiger partial charge >= 0.3 is 0 Å². The molecule has 2 unspecified atom stereocenters. The van der Waals surface area contributed by atoms with Crippen molar-refractivity contribution in [3.8, 4) is 0 Å². The third-order valence-electron chi connectivity index (χ3n) is 2.07. The van der Waals surface area contributed by atoms with Gasteiger partial charge in [0.15, 0.2) is 0 Å². The fourth-order valence-electron chi connectivity index (χ4n) is 1.24. The summed E-state index contributed by atoms with van der Waals surface area (Å²) in [5.74, 6) is 0.517. The molecule has 0 radical (unpaired) electrons. The van der Waals surface area contributed by atoms with E-state index in [1.807, 2.05) is 6.08 Å². The minimum absolute atomic E-state index is 0.189. The van der Waals surface area contributed by atoms with Gasteiger partial charge in [-0.3, -0.25) is 0 Å². The highest BCUT2D eigenvalue weighted by Crippen LogP contribution is 2.22. The van der Waals surface area contributed by atoms with Crippen LogP contribution in [0.1, 0.15) is 6.92 Å². The molecule has 2 heteroatoms. The summed E-state index contributed by atoms with van der Waals surface area (Å²) in [4.78, 5) is 10.8. The molecule has 0 spiro atoms. The van der Waals surface area contributed by atoms with E-state index < -0.39 is 8.07 Å². The quantitative estimate of drug-likeness (QED) is 0.365. The third kappa shape index (κ3) is 4.49. The Balaban J connectivity index is 4.17. The Morgan fingerprint density at radius 1 is 1.42 bits per heavy atom. The highest BCUT2D eigenvalue weighted by Gasteiger charge is 2.22. The van der Waals surface area contributed by atoms with Gasteiger partial charge in [-0.05, 0) is 12.0 Å². The first-order chi connectivity index (χ1) is 5.40. The standard InChI is InChI=1S/C10H20OSi/c1-6-9(2)10(7-11)8-12(3,4)5/h6-7,9-10H,1,8H2,2-5H3. The van der Waals surface area contributed by atoms with Gasteiger partial charge in [-0.1, -0.05) is 32.6 Å². The van der Waals surface area contributed by atoms with E-state index in [-0.39, 0.29) is 5.92 Å². The van der Waals surface area contributed by atoms with Crippen LogP contribution in [0, 0.1) is 11.8 Å². The van der Waals surface area contributed by atoms with Crippen LogP contribution in [0.5, 0.6) is 0 Å². The number of hydrogen-bond donors (Lipinski definition) is 0. The number of carbonyl (C=O) groups is 1. The maximum atomic E-state index is 10.8. The molecule has 0 aliphatic rings. The molecule has 0 bridgehead atoms. The van der Waals surface area contributed by atoms with Gasteiger partial charge in [0.05, 0.1) is 0 Å². The maximum absolute atomic E-state index is 10.8.